The van der Waals surface area contributed by atoms with Crippen LogP contribution in [0.3, 0.4) is 0 Å². The Bertz CT molecular complexity index is 1650. The van der Waals surface area contributed by atoms with Gasteiger partial charge in [0.25, 0.3) is 5.56 Å². The zero-order chi connectivity index (χ0) is 25.0. The maximum atomic E-state index is 13.6. The highest BCUT2D eigenvalue weighted by molar-refractivity contribution is 8.01. The predicted octanol–water partition coefficient (Wildman–Crippen LogP) is 6.64. The molecule has 2 aliphatic rings. The molecule has 10 heteroatoms. The molecule has 36 heavy (non-hydrogen) atoms. The Morgan fingerprint density at radius 1 is 0.944 bits per heavy atom. The summed E-state index contributed by atoms with van der Waals surface area (Å²) in [7, 11) is 0. The predicted molar refractivity (Wildman–Crippen MR) is 144 cm³/mol. The largest absolute Gasteiger partial charge is 0.278 e. The minimum absolute atomic E-state index is 0.104. The van der Waals surface area contributed by atoms with Crippen LogP contribution in [0.4, 0.5) is 5.69 Å². The fourth-order valence-corrected chi connectivity index (χ4v) is 6.37. The molecule has 0 aliphatic carbocycles. The normalized spacial score (nSPS) is 17.9. The first-order valence-corrected chi connectivity index (χ1v) is 12.9. The third-order valence-corrected chi connectivity index (χ3v) is 8.07. The molecule has 6 rings (SSSR count). The second-order valence-corrected chi connectivity index (χ2v) is 10.6. The lowest BCUT2D eigenvalue weighted by Crippen LogP contribution is -2.32. The summed E-state index contributed by atoms with van der Waals surface area (Å²) in [5.74, 6) is 0.529. The molecule has 0 radical (unpaired) electrons. The van der Waals surface area contributed by atoms with E-state index in [1.54, 1.807) is 18.2 Å². The van der Waals surface area contributed by atoms with Crippen LogP contribution in [0.15, 0.2) is 87.8 Å². The summed E-state index contributed by atoms with van der Waals surface area (Å²) in [6.07, 6.45) is 0. The van der Waals surface area contributed by atoms with Crippen molar-refractivity contribution in [2.75, 3.05) is 5.01 Å². The highest BCUT2D eigenvalue weighted by atomic mass is 35.5. The van der Waals surface area contributed by atoms with Gasteiger partial charge in [-0.1, -0.05) is 76.9 Å². The Morgan fingerprint density at radius 3 is 2.36 bits per heavy atom. The molecule has 2 aliphatic heterocycles. The van der Waals surface area contributed by atoms with Crippen molar-refractivity contribution in [2.24, 2.45) is 5.10 Å². The molecule has 4 aromatic rings. The Morgan fingerprint density at radius 2 is 1.67 bits per heavy atom. The molecule has 0 bridgehead atoms. The minimum atomic E-state index is -0.484. The molecule has 1 aromatic heterocycles. The summed E-state index contributed by atoms with van der Waals surface area (Å²) in [6.45, 7) is 0. The van der Waals surface area contributed by atoms with Crippen LogP contribution in [0.5, 0.6) is 0 Å². The Hall–Kier alpha value is -3.28. The van der Waals surface area contributed by atoms with E-state index in [1.165, 1.54) is 16.3 Å². The third kappa shape index (κ3) is 3.69. The summed E-state index contributed by atoms with van der Waals surface area (Å²) in [6, 6.07) is 24.0. The number of nitrogens with zero attached hydrogens (tertiary/aromatic N) is 5. The van der Waals surface area contributed by atoms with Crippen LogP contribution >= 0.6 is 46.6 Å². The van der Waals surface area contributed by atoms with Crippen molar-refractivity contribution in [3.05, 3.63) is 109 Å². The van der Waals surface area contributed by atoms with E-state index in [-0.39, 0.29) is 22.5 Å². The van der Waals surface area contributed by atoms with Gasteiger partial charge in [-0.3, -0.25) is 9.80 Å². The average Bonchev–Trinajstić information content (AvgIpc) is 3.41. The van der Waals surface area contributed by atoms with Gasteiger partial charge in [-0.2, -0.15) is 10.4 Å². The average molecular weight is 551 g/mol. The van der Waals surface area contributed by atoms with E-state index >= 15 is 0 Å². The Labute approximate surface area is 225 Å². The monoisotopic (exact) mass is 549 g/mol. The van der Waals surface area contributed by atoms with Gasteiger partial charge in [0.15, 0.2) is 11.0 Å². The number of aromatic nitrogens is 2. The van der Waals surface area contributed by atoms with Crippen molar-refractivity contribution in [3.63, 3.8) is 0 Å². The number of nitriles is 1. The van der Waals surface area contributed by atoms with E-state index in [4.69, 9.17) is 44.9 Å². The summed E-state index contributed by atoms with van der Waals surface area (Å²) in [4.78, 5) is 18.4. The number of rotatable bonds is 3. The van der Waals surface area contributed by atoms with Crippen molar-refractivity contribution in [2.45, 2.75) is 16.4 Å². The topological polar surface area (TPSA) is 74.3 Å². The molecule has 0 saturated carbocycles. The lowest BCUT2D eigenvalue weighted by atomic mass is 10.0. The number of hydrogen-bond donors (Lipinski definition) is 0. The number of benzene rings is 3. The Kier molecular flexibility index (Phi) is 5.78. The molecular formula is C26H14Cl3N5OS. The molecule has 0 saturated heterocycles. The van der Waals surface area contributed by atoms with Gasteiger partial charge in [0, 0.05) is 15.6 Å². The van der Waals surface area contributed by atoms with Crippen LogP contribution in [-0.4, -0.2) is 20.6 Å². The molecule has 0 spiro atoms. The van der Waals surface area contributed by atoms with E-state index in [2.05, 4.69) is 0 Å². The fraction of sp³-hybridized carbons (Fsp3) is 0.0769. The molecule has 2 unspecified atom stereocenters. The fourth-order valence-electron chi connectivity index (χ4n) is 4.44. The maximum absolute atomic E-state index is 13.6. The molecule has 3 aromatic carbocycles. The van der Waals surface area contributed by atoms with Gasteiger partial charge in [-0.15, -0.1) is 0 Å². The van der Waals surface area contributed by atoms with Gasteiger partial charge < -0.3 is 0 Å². The van der Waals surface area contributed by atoms with E-state index < -0.39 is 5.56 Å². The van der Waals surface area contributed by atoms with Gasteiger partial charge in [-0.05, 0) is 48.0 Å². The first kappa shape index (κ1) is 23.1. The lowest BCUT2D eigenvalue weighted by molar-refractivity contribution is 0.718. The third-order valence-electron chi connectivity index (χ3n) is 6.06. The van der Waals surface area contributed by atoms with Gasteiger partial charge in [0.1, 0.15) is 11.6 Å². The highest BCUT2D eigenvalue weighted by Crippen LogP contribution is 2.47. The summed E-state index contributed by atoms with van der Waals surface area (Å²) >= 11 is 20.0. The molecule has 176 valence electrons. The van der Waals surface area contributed by atoms with Crippen molar-refractivity contribution < 1.29 is 0 Å². The second-order valence-electron chi connectivity index (χ2n) is 8.17. The summed E-state index contributed by atoms with van der Waals surface area (Å²) < 4.78 is 1.44. The van der Waals surface area contributed by atoms with Gasteiger partial charge in [-0.25, -0.2) is 9.55 Å². The van der Waals surface area contributed by atoms with Crippen LogP contribution < -0.4 is 10.6 Å². The summed E-state index contributed by atoms with van der Waals surface area (Å²) in [5.41, 5.74) is 1.98. The molecule has 0 amide bonds. The first-order chi connectivity index (χ1) is 17.5. The van der Waals surface area contributed by atoms with Crippen LogP contribution in [0.2, 0.25) is 15.1 Å². The first-order valence-electron chi connectivity index (χ1n) is 10.8. The smallest absolute Gasteiger partial charge is 0.267 e. The number of thioether (sulfide) groups is 1. The second kappa shape index (κ2) is 8.99. The molecular weight excluding hydrogens is 537 g/mol. The number of hydrazone groups is 1. The number of hydrogen-bond acceptors (Lipinski definition) is 6. The number of fused-ring (bicyclic) bond motifs is 3. The quantitative estimate of drug-likeness (QED) is 0.267. The van der Waals surface area contributed by atoms with Crippen LogP contribution in [0.25, 0.3) is 11.3 Å². The summed E-state index contributed by atoms with van der Waals surface area (Å²) in [5, 5.41) is 18.3. The number of para-hydroxylation sites is 1. The molecule has 3 heterocycles. The van der Waals surface area contributed by atoms with E-state index in [0.29, 0.717) is 31.6 Å². The molecule has 0 N–H and O–H groups in total. The van der Waals surface area contributed by atoms with Crippen molar-refractivity contribution >= 4 is 58.1 Å². The van der Waals surface area contributed by atoms with Crippen LogP contribution in [0.1, 0.15) is 17.2 Å². The van der Waals surface area contributed by atoms with Crippen molar-refractivity contribution in [1.82, 2.24) is 9.55 Å². The standard InChI is InChI=1S/C26H14Cl3N5OS/c27-15-8-6-14(7-9-15)22-23-24(32-34(22)17-4-2-1-3-5-17)33-25(35)19(13-30)21(31-26(33)36-23)18-11-10-16(28)12-20(18)29/h1-12,22-23H. The SMILES string of the molecule is N#Cc1c(-c2ccc(Cl)cc2Cl)nc2n(c1=O)C1=NN(c3ccccc3)C(c3ccc(Cl)cc3)C1S2. The lowest BCUT2D eigenvalue weighted by Gasteiger charge is -2.26. The van der Waals surface area contributed by atoms with E-state index in [0.717, 1.165) is 11.3 Å². The molecule has 6 nitrogen and oxygen atoms in total. The van der Waals surface area contributed by atoms with Crippen molar-refractivity contribution in [1.29, 1.82) is 5.26 Å². The zero-order valence-electron chi connectivity index (χ0n) is 18.3. The Balaban J connectivity index is 1.54. The highest BCUT2D eigenvalue weighted by Gasteiger charge is 2.47. The van der Waals surface area contributed by atoms with Crippen LogP contribution in [-0.2, 0) is 0 Å². The zero-order valence-corrected chi connectivity index (χ0v) is 21.4. The molecule has 0 fully saturated rings. The molecule has 2 atom stereocenters. The van der Waals surface area contributed by atoms with Crippen molar-refractivity contribution in [3.8, 4) is 17.3 Å². The van der Waals surface area contributed by atoms with Crippen LogP contribution in [0, 0.1) is 11.3 Å². The number of anilines is 1. The van der Waals surface area contributed by atoms with E-state index in [1.807, 2.05) is 65.7 Å². The van der Waals surface area contributed by atoms with Gasteiger partial charge in [0.2, 0.25) is 0 Å². The van der Waals surface area contributed by atoms with Gasteiger partial charge in [0.05, 0.1) is 27.7 Å². The van der Waals surface area contributed by atoms with E-state index in [9.17, 15) is 10.1 Å². The minimum Gasteiger partial charge on any atom is -0.267 e. The number of halogens is 3. The maximum Gasteiger partial charge on any atom is 0.278 e. The van der Waals surface area contributed by atoms with Gasteiger partial charge >= 0.3 is 0 Å².